The van der Waals surface area contributed by atoms with E-state index in [1.807, 2.05) is 19.2 Å². The van der Waals surface area contributed by atoms with Crippen LogP contribution in [0.5, 0.6) is 0 Å². The molecule has 7 heteroatoms. The first kappa shape index (κ1) is 13.4. The summed E-state index contributed by atoms with van der Waals surface area (Å²) >= 11 is 1.77. The first-order valence-electron chi connectivity index (χ1n) is 5.36. The van der Waals surface area contributed by atoms with Gasteiger partial charge in [-0.15, -0.1) is 0 Å². The van der Waals surface area contributed by atoms with E-state index in [1.165, 1.54) is 0 Å². The van der Waals surface area contributed by atoms with Gasteiger partial charge in [0.15, 0.2) is 6.19 Å². The van der Waals surface area contributed by atoms with Gasteiger partial charge in [-0.2, -0.15) is 22.1 Å². The van der Waals surface area contributed by atoms with E-state index >= 15 is 0 Å². The van der Waals surface area contributed by atoms with Gasteiger partial charge in [-0.1, -0.05) is 0 Å². The molecule has 0 atom stereocenters. The number of aromatic amines is 1. The highest BCUT2D eigenvalue weighted by atomic mass is 32.2. The molecule has 0 spiro atoms. The zero-order chi connectivity index (χ0) is 12.3. The molecular weight excluding hydrogens is 236 g/mol. The molecule has 6 nitrogen and oxygen atoms in total. The molecule has 1 rings (SSSR count). The second kappa shape index (κ2) is 8.47. The number of aliphatic imine (C=N–C) groups is 1. The second-order valence-corrected chi connectivity index (χ2v) is 4.24. The number of hydrogen-bond acceptors (Lipinski definition) is 4. The van der Waals surface area contributed by atoms with Gasteiger partial charge in [0.25, 0.3) is 0 Å². The molecule has 1 heterocycles. The van der Waals surface area contributed by atoms with Crippen molar-refractivity contribution in [3.63, 3.8) is 0 Å². The molecule has 17 heavy (non-hydrogen) atoms. The predicted octanol–water partition coefficient (Wildman–Crippen LogP) is 0.679. The highest BCUT2D eigenvalue weighted by Crippen LogP contribution is 2.08. The largest absolute Gasteiger partial charge is 0.356 e. The van der Waals surface area contributed by atoms with Crippen molar-refractivity contribution < 1.29 is 0 Å². The molecule has 0 radical (unpaired) electrons. The molecule has 0 fully saturated rings. The van der Waals surface area contributed by atoms with Crippen LogP contribution < -0.4 is 10.6 Å². The van der Waals surface area contributed by atoms with E-state index in [-0.39, 0.29) is 0 Å². The fourth-order valence-electron chi connectivity index (χ4n) is 1.13. The Morgan fingerprint density at radius 1 is 1.71 bits per heavy atom. The van der Waals surface area contributed by atoms with Crippen LogP contribution in [-0.4, -0.2) is 35.0 Å². The standard InChI is InChI=1S/C10H16N6S/c1-2-12-10(14-8-11)13-5-6-17-7-9-3-4-15-16-9/h3-4H,2,5-7H2,1H3,(H,15,16)(H2,12,13,14). The van der Waals surface area contributed by atoms with Gasteiger partial charge in [0.05, 0.1) is 6.54 Å². The van der Waals surface area contributed by atoms with Gasteiger partial charge < -0.3 is 5.32 Å². The van der Waals surface area contributed by atoms with E-state index in [1.54, 1.807) is 18.0 Å². The highest BCUT2D eigenvalue weighted by Gasteiger charge is 1.96. The normalized spacial score (nSPS) is 10.9. The molecule has 1 aromatic heterocycles. The Morgan fingerprint density at radius 2 is 2.59 bits per heavy atom. The summed E-state index contributed by atoms with van der Waals surface area (Å²) < 4.78 is 0. The minimum Gasteiger partial charge on any atom is -0.356 e. The number of nitrogens with zero attached hydrogens (tertiary/aromatic N) is 3. The fourth-order valence-corrected chi connectivity index (χ4v) is 1.87. The molecule has 0 aliphatic carbocycles. The van der Waals surface area contributed by atoms with Crippen molar-refractivity contribution in [2.24, 2.45) is 4.99 Å². The Balaban J connectivity index is 2.16. The number of aromatic nitrogens is 2. The Morgan fingerprint density at radius 3 is 3.24 bits per heavy atom. The van der Waals surface area contributed by atoms with Crippen LogP contribution in [0.15, 0.2) is 17.3 Å². The molecule has 0 aromatic carbocycles. The maximum Gasteiger partial charge on any atom is 0.204 e. The van der Waals surface area contributed by atoms with Crippen molar-refractivity contribution in [2.45, 2.75) is 12.7 Å². The van der Waals surface area contributed by atoms with Crippen LogP contribution in [0.3, 0.4) is 0 Å². The third-order valence-electron chi connectivity index (χ3n) is 1.84. The van der Waals surface area contributed by atoms with Crippen LogP contribution in [0.2, 0.25) is 0 Å². The van der Waals surface area contributed by atoms with Gasteiger partial charge >= 0.3 is 0 Å². The molecule has 3 N–H and O–H groups in total. The summed E-state index contributed by atoms with van der Waals surface area (Å²) in [7, 11) is 0. The highest BCUT2D eigenvalue weighted by molar-refractivity contribution is 7.98. The summed E-state index contributed by atoms with van der Waals surface area (Å²) in [6.45, 7) is 3.38. The lowest BCUT2D eigenvalue weighted by Crippen LogP contribution is -2.34. The van der Waals surface area contributed by atoms with Gasteiger partial charge in [-0.05, 0) is 13.0 Å². The Hall–Kier alpha value is -1.68. The Kier molecular flexibility index (Phi) is 6.67. The minimum absolute atomic E-state index is 0.539. The summed E-state index contributed by atoms with van der Waals surface area (Å²) in [4.78, 5) is 4.25. The molecule has 0 unspecified atom stereocenters. The van der Waals surface area contributed by atoms with Crippen LogP contribution >= 0.6 is 11.8 Å². The van der Waals surface area contributed by atoms with Crippen molar-refractivity contribution >= 4 is 17.7 Å². The molecule has 0 bridgehead atoms. The average Bonchev–Trinajstić information content (AvgIpc) is 2.82. The Labute approximate surface area is 105 Å². The number of guanidine groups is 1. The van der Waals surface area contributed by atoms with E-state index < -0.39 is 0 Å². The minimum atomic E-state index is 0.539. The summed E-state index contributed by atoms with van der Waals surface area (Å²) in [5.74, 6) is 2.34. The van der Waals surface area contributed by atoms with Gasteiger partial charge in [0.2, 0.25) is 5.96 Å². The fraction of sp³-hybridized carbons (Fsp3) is 0.500. The number of nitriles is 1. The maximum absolute atomic E-state index is 8.49. The molecule has 1 aromatic rings. The maximum atomic E-state index is 8.49. The first-order valence-corrected chi connectivity index (χ1v) is 6.51. The second-order valence-electron chi connectivity index (χ2n) is 3.13. The third-order valence-corrected chi connectivity index (χ3v) is 2.83. The number of nitrogens with one attached hydrogen (secondary N) is 3. The third kappa shape index (κ3) is 5.82. The van der Waals surface area contributed by atoms with Crippen LogP contribution in [0.1, 0.15) is 12.6 Å². The summed E-state index contributed by atoms with van der Waals surface area (Å²) in [5, 5.41) is 20.8. The first-order chi connectivity index (χ1) is 8.36. The topological polar surface area (TPSA) is 88.9 Å². The number of thioether (sulfide) groups is 1. The zero-order valence-electron chi connectivity index (χ0n) is 9.73. The smallest absolute Gasteiger partial charge is 0.204 e. The van der Waals surface area contributed by atoms with E-state index in [4.69, 9.17) is 5.26 Å². The van der Waals surface area contributed by atoms with Gasteiger partial charge in [-0.3, -0.25) is 15.4 Å². The van der Waals surface area contributed by atoms with E-state index in [9.17, 15) is 0 Å². The molecular formula is C10H16N6S. The molecule has 92 valence electrons. The van der Waals surface area contributed by atoms with Crippen LogP contribution in [-0.2, 0) is 5.75 Å². The van der Waals surface area contributed by atoms with E-state index in [0.29, 0.717) is 12.5 Å². The van der Waals surface area contributed by atoms with Crippen molar-refractivity contribution in [1.29, 1.82) is 5.26 Å². The van der Waals surface area contributed by atoms with E-state index in [0.717, 1.165) is 23.7 Å². The van der Waals surface area contributed by atoms with Gasteiger partial charge in [0.1, 0.15) is 0 Å². The lowest BCUT2D eigenvalue weighted by molar-refractivity contribution is 0.910. The lowest BCUT2D eigenvalue weighted by Gasteiger charge is -2.04. The number of hydrogen-bond donors (Lipinski definition) is 3. The van der Waals surface area contributed by atoms with E-state index in [2.05, 4.69) is 25.8 Å². The summed E-state index contributed by atoms with van der Waals surface area (Å²) in [5.41, 5.74) is 1.11. The summed E-state index contributed by atoms with van der Waals surface area (Å²) in [6, 6.07) is 1.96. The van der Waals surface area contributed by atoms with Crippen LogP contribution in [0.25, 0.3) is 0 Å². The lowest BCUT2D eigenvalue weighted by atomic mass is 10.5. The quantitative estimate of drug-likeness (QED) is 0.228. The van der Waals surface area contributed by atoms with Crippen molar-refractivity contribution in [2.75, 3.05) is 18.8 Å². The Bertz CT molecular complexity index is 367. The van der Waals surface area contributed by atoms with Crippen LogP contribution in [0.4, 0.5) is 0 Å². The van der Waals surface area contributed by atoms with Gasteiger partial charge in [0, 0.05) is 29.9 Å². The molecule has 0 amide bonds. The average molecular weight is 252 g/mol. The SMILES string of the molecule is CCNC(=NCCSCc1ccn[nH]1)NC#N. The number of rotatable bonds is 6. The number of H-pyrrole nitrogens is 1. The molecule has 0 aliphatic heterocycles. The summed E-state index contributed by atoms with van der Waals surface area (Å²) in [6.07, 6.45) is 3.60. The van der Waals surface area contributed by atoms with Crippen molar-refractivity contribution in [1.82, 2.24) is 20.8 Å². The molecule has 0 aliphatic rings. The molecule has 0 saturated heterocycles. The van der Waals surface area contributed by atoms with Crippen molar-refractivity contribution in [3.05, 3.63) is 18.0 Å². The van der Waals surface area contributed by atoms with Crippen LogP contribution in [0, 0.1) is 11.5 Å². The zero-order valence-corrected chi connectivity index (χ0v) is 10.5. The monoisotopic (exact) mass is 252 g/mol. The van der Waals surface area contributed by atoms with Gasteiger partial charge in [-0.25, -0.2) is 0 Å². The molecule has 0 saturated carbocycles. The predicted molar refractivity (Wildman–Crippen MR) is 69.5 cm³/mol. The van der Waals surface area contributed by atoms with Crippen molar-refractivity contribution in [3.8, 4) is 6.19 Å².